The molecule has 0 radical (unpaired) electrons. The van der Waals surface area contributed by atoms with Gasteiger partial charge in [0.2, 0.25) is 0 Å². The molecule has 0 saturated carbocycles. The van der Waals surface area contributed by atoms with E-state index in [1.807, 2.05) is 54.6 Å². The van der Waals surface area contributed by atoms with Gasteiger partial charge in [0.15, 0.2) is 8.32 Å². The molecule has 0 aliphatic heterocycles. The number of carbonyl (C=O) groups excluding carboxylic acids is 1. The quantitative estimate of drug-likeness (QED) is 0.377. The predicted octanol–water partition coefficient (Wildman–Crippen LogP) is 6.13. The zero-order chi connectivity index (χ0) is 20.1. The van der Waals surface area contributed by atoms with Crippen molar-refractivity contribution >= 4 is 30.2 Å². The summed E-state index contributed by atoms with van der Waals surface area (Å²) >= 11 is 3.45. The van der Waals surface area contributed by atoms with Crippen LogP contribution in [-0.4, -0.2) is 20.4 Å². The minimum absolute atomic E-state index is 0.0185. The van der Waals surface area contributed by atoms with E-state index in [0.717, 1.165) is 15.6 Å². The number of esters is 1. The summed E-state index contributed by atoms with van der Waals surface area (Å²) in [6.07, 6.45) is -0.0938. The first-order chi connectivity index (χ1) is 12.6. The first-order valence-electron chi connectivity index (χ1n) is 9.21. The van der Waals surface area contributed by atoms with Gasteiger partial charge in [-0.1, -0.05) is 79.2 Å². The van der Waals surface area contributed by atoms with Crippen molar-refractivity contribution in [2.24, 2.45) is 0 Å². The van der Waals surface area contributed by atoms with Crippen molar-refractivity contribution in [3.8, 4) is 0 Å². The number of ether oxygens (including phenoxy) is 1. The van der Waals surface area contributed by atoms with E-state index in [1.165, 1.54) is 0 Å². The third kappa shape index (κ3) is 6.59. The number of halogens is 1. The van der Waals surface area contributed by atoms with Gasteiger partial charge in [0.05, 0.1) is 0 Å². The lowest BCUT2D eigenvalue weighted by Crippen LogP contribution is -2.47. The second-order valence-corrected chi connectivity index (χ2v) is 14.0. The van der Waals surface area contributed by atoms with Crippen LogP contribution in [0.1, 0.15) is 31.9 Å². The Morgan fingerprint density at radius 1 is 1.00 bits per heavy atom. The minimum atomic E-state index is -2.11. The lowest BCUT2D eigenvalue weighted by Gasteiger charge is -2.38. The highest BCUT2D eigenvalue weighted by atomic mass is 79.9. The molecule has 0 aliphatic carbocycles. The molecule has 0 unspecified atom stereocenters. The predicted molar refractivity (Wildman–Crippen MR) is 116 cm³/mol. The van der Waals surface area contributed by atoms with Crippen molar-refractivity contribution in [3.63, 3.8) is 0 Å². The van der Waals surface area contributed by atoms with Gasteiger partial charge in [-0.15, -0.1) is 0 Å². The first kappa shape index (κ1) is 21.9. The molecule has 0 fully saturated rings. The molecule has 0 amide bonds. The highest BCUT2D eigenvalue weighted by molar-refractivity contribution is 9.10. The van der Waals surface area contributed by atoms with Crippen LogP contribution in [0.3, 0.4) is 0 Å². The van der Waals surface area contributed by atoms with Gasteiger partial charge in [0.25, 0.3) is 0 Å². The van der Waals surface area contributed by atoms with Crippen LogP contribution >= 0.6 is 15.9 Å². The maximum absolute atomic E-state index is 12.9. The van der Waals surface area contributed by atoms with Crippen molar-refractivity contribution in [2.75, 3.05) is 0 Å². The molecule has 27 heavy (non-hydrogen) atoms. The second-order valence-electron chi connectivity index (χ2n) is 8.29. The van der Waals surface area contributed by atoms with Crippen LogP contribution < -0.4 is 0 Å². The molecule has 0 aliphatic rings. The van der Waals surface area contributed by atoms with Gasteiger partial charge >= 0.3 is 5.97 Å². The number of rotatable bonds is 7. The summed E-state index contributed by atoms with van der Waals surface area (Å²) < 4.78 is 13.0. The molecular weight excluding hydrogens is 420 g/mol. The molecule has 0 spiro atoms. The molecule has 5 heteroatoms. The highest BCUT2D eigenvalue weighted by Crippen LogP contribution is 2.37. The molecule has 146 valence electrons. The van der Waals surface area contributed by atoms with E-state index in [4.69, 9.17) is 9.16 Å². The monoisotopic (exact) mass is 448 g/mol. The van der Waals surface area contributed by atoms with Gasteiger partial charge in [-0.3, -0.25) is 0 Å². The van der Waals surface area contributed by atoms with Gasteiger partial charge in [0.1, 0.15) is 12.7 Å². The van der Waals surface area contributed by atoms with E-state index in [1.54, 1.807) is 0 Å². The van der Waals surface area contributed by atoms with Crippen molar-refractivity contribution < 1.29 is 14.0 Å². The summed E-state index contributed by atoms with van der Waals surface area (Å²) in [5.74, 6) is -0.299. The van der Waals surface area contributed by atoms with E-state index in [2.05, 4.69) is 49.8 Å². The molecular formula is C22H29BrO3Si. The van der Waals surface area contributed by atoms with Crippen LogP contribution in [0.5, 0.6) is 0 Å². The number of carbonyl (C=O) groups is 1. The van der Waals surface area contributed by atoms with Gasteiger partial charge in [0, 0.05) is 10.9 Å². The smallest absolute Gasteiger partial charge is 0.334 e. The van der Waals surface area contributed by atoms with Gasteiger partial charge in [-0.05, 0) is 41.4 Å². The third-order valence-electron chi connectivity index (χ3n) is 5.06. The molecule has 0 heterocycles. The molecule has 1 atom stereocenters. The SMILES string of the molecule is CC(C)(C)[Si](C)(C)O[C@H](Cc1ccc(Br)cc1)C(=O)OCc1ccccc1. The summed E-state index contributed by atoms with van der Waals surface area (Å²) in [7, 11) is -2.11. The zero-order valence-corrected chi connectivity index (χ0v) is 19.4. The zero-order valence-electron chi connectivity index (χ0n) is 16.8. The molecule has 0 N–H and O–H groups in total. The van der Waals surface area contributed by atoms with Crippen LogP contribution in [0, 0.1) is 0 Å². The Labute approximate surface area is 172 Å². The van der Waals surface area contributed by atoms with Crippen LogP contribution in [0.2, 0.25) is 18.1 Å². The third-order valence-corrected chi connectivity index (χ3v) is 10.1. The summed E-state index contributed by atoms with van der Waals surface area (Å²) in [4.78, 5) is 12.9. The Hall–Kier alpha value is -1.43. The Morgan fingerprint density at radius 3 is 2.15 bits per heavy atom. The lowest BCUT2D eigenvalue weighted by atomic mass is 10.1. The Bertz CT molecular complexity index is 736. The van der Waals surface area contributed by atoms with E-state index >= 15 is 0 Å². The summed E-state index contributed by atoms with van der Waals surface area (Å²) in [6, 6.07) is 17.7. The fraction of sp³-hybridized carbons (Fsp3) is 0.409. The minimum Gasteiger partial charge on any atom is -0.459 e. The van der Waals surface area contributed by atoms with E-state index in [-0.39, 0.29) is 17.6 Å². The van der Waals surface area contributed by atoms with Crippen LogP contribution in [0.15, 0.2) is 59.1 Å². The van der Waals surface area contributed by atoms with E-state index in [9.17, 15) is 4.79 Å². The van der Waals surface area contributed by atoms with Crippen molar-refractivity contribution in [1.29, 1.82) is 0 Å². The first-order valence-corrected chi connectivity index (χ1v) is 12.9. The fourth-order valence-electron chi connectivity index (χ4n) is 2.36. The lowest BCUT2D eigenvalue weighted by molar-refractivity contribution is -0.153. The van der Waals surface area contributed by atoms with Gasteiger partial charge in [-0.25, -0.2) is 4.79 Å². The number of hydrogen-bond acceptors (Lipinski definition) is 3. The molecule has 0 bridgehead atoms. The molecule has 2 aromatic rings. The molecule has 0 saturated heterocycles. The molecule has 3 nitrogen and oxygen atoms in total. The topological polar surface area (TPSA) is 35.5 Å². The van der Waals surface area contributed by atoms with Gasteiger partial charge in [-0.2, -0.15) is 0 Å². The maximum Gasteiger partial charge on any atom is 0.334 e. The average molecular weight is 449 g/mol. The molecule has 2 rings (SSSR count). The summed E-state index contributed by atoms with van der Waals surface area (Å²) in [5, 5.41) is 0.0185. The van der Waals surface area contributed by atoms with Gasteiger partial charge < -0.3 is 9.16 Å². The Kier molecular flexibility index (Phi) is 7.43. The maximum atomic E-state index is 12.9. The van der Waals surface area contributed by atoms with Crippen LogP contribution in [0.25, 0.3) is 0 Å². The van der Waals surface area contributed by atoms with Crippen LogP contribution in [0.4, 0.5) is 0 Å². The Balaban J connectivity index is 2.14. The van der Waals surface area contributed by atoms with E-state index < -0.39 is 14.4 Å². The van der Waals surface area contributed by atoms with E-state index in [0.29, 0.717) is 6.42 Å². The Morgan fingerprint density at radius 2 is 1.59 bits per heavy atom. The van der Waals surface area contributed by atoms with Crippen molar-refractivity contribution in [2.45, 2.75) is 58.0 Å². The molecule has 2 aromatic carbocycles. The highest BCUT2D eigenvalue weighted by Gasteiger charge is 2.41. The molecule has 0 aromatic heterocycles. The standard InChI is InChI=1S/C22H29BrO3Si/c1-22(2,3)27(4,5)26-20(15-17-11-13-19(23)14-12-17)21(24)25-16-18-9-7-6-8-10-18/h6-14,20H,15-16H2,1-5H3/t20-/m1/s1. The van der Waals surface area contributed by atoms with Crippen molar-refractivity contribution in [1.82, 2.24) is 0 Å². The second kappa shape index (κ2) is 9.17. The normalized spacial score (nSPS) is 13.3. The number of benzene rings is 2. The number of hydrogen-bond donors (Lipinski definition) is 0. The summed E-state index contributed by atoms with van der Waals surface area (Å²) in [5.41, 5.74) is 2.03. The average Bonchev–Trinajstić information content (AvgIpc) is 2.60. The summed E-state index contributed by atoms with van der Waals surface area (Å²) in [6.45, 7) is 11.1. The largest absolute Gasteiger partial charge is 0.459 e. The van der Waals surface area contributed by atoms with Crippen LogP contribution in [-0.2, 0) is 27.0 Å². The van der Waals surface area contributed by atoms with Crippen molar-refractivity contribution in [3.05, 3.63) is 70.2 Å². The fourth-order valence-corrected chi connectivity index (χ4v) is 3.87.